The van der Waals surface area contributed by atoms with Crippen molar-refractivity contribution in [2.45, 2.75) is 38.1 Å². The van der Waals surface area contributed by atoms with Crippen molar-refractivity contribution in [3.8, 4) is 0 Å². The molecule has 1 heterocycles. The lowest BCUT2D eigenvalue weighted by Crippen LogP contribution is -2.43. The molecule has 1 aromatic heterocycles. The van der Waals surface area contributed by atoms with Crippen molar-refractivity contribution in [1.29, 1.82) is 0 Å². The summed E-state index contributed by atoms with van der Waals surface area (Å²) in [5, 5.41) is 8.94. The molecule has 0 aromatic carbocycles. The number of carboxylic acids is 1. The maximum absolute atomic E-state index is 12.3. The predicted octanol–water partition coefficient (Wildman–Crippen LogP) is -0.539. The van der Waals surface area contributed by atoms with E-state index in [1.807, 2.05) is 4.98 Å². The van der Waals surface area contributed by atoms with Gasteiger partial charge in [-0.05, 0) is 12.8 Å². The zero-order chi connectivity index (χ0) is 15.4. The van der Waals surface area contributed by atoms with Crippen LogP contribution in [0.1, 0.15) is 31.4 Å². The van der Waals surface area contributed by atoms with E-state index in [0.717, 1.165) is 31.7 Å². The Balaban J connectivity index is 2.15. The Kier molecular flexibility index (Phi) is 4.56. The summed E-state index contributed by atoms with van der Waals surface area (Å²) in [6, 6.07) is 1.05. The fourth-order valence-electron chi connectivity index (χ4n) is 2.66. The monoisotopic (exact) mass is 295 g/mol. The first-order valence-electron chi connectivity index (χ1n) is 6.79. The highest BCUT2D eigenvalue weighted by molar-refractivity contribution is 5.83. The second kappa shape index (κ2) is 6.38. The Morgan fingerprint density at radius 3 is 2.48 bits per heavy atom. The summed E-state index contributed by atoms with van der Waals surface area (Å²) in [7, 11) is 0. The molecule has 0 unspecified atom stereocenters. The summed E-state index contributed by atoms with van der Waals surface area (Å²) >= 11 is 0. The van der Waals surface area contributed by atoms with Crippen LogP contribution in [0.2, 0.25) is 0 Å². The van der Waals surface area contributed by atoms with E-state index in [1.54, 1.807) is 0 Å². The molecule has 21 heavy (non-hydrogen) atoms. The van der Waals surface area contributed by atoms with Gasteiger partial charge in [-0.15, -0.1) is 0 Å². The van der Waals surface area contributed by atoms with E-state index in [4.69, 9.17) is 5.11 Å². The Hall–Kier alpha value is -2.38. The van der Waals surface area contributed by atoms with Crippen molar-refractivity contribution in [3.63, 3.8) is 0 Å². The van der Waals surface area contributed by atoms with Gasteiger partial charge in [-0.1, -0.05) is 12.8 Å². The van der Waals surface area contributed by atoms with E-state index in [0.29, 0.717) is 0 Å². The molecule has 0 aliphatic heterocycles. The average molecular weight is 295 g/mol. The highest BCUT2D eigenvalue weighted by Crippen LogP contribution is 2.23. The number of carboxylic acid groups (broad SMARTS) is 1. The Morgan fingerprint density at radius 2 is 1.90 bits per heavy atom. The SMILES string of the molecule is O=C(O)CN(C(=O)Cc1cc(=O)[nH]c(=O)[nH]1)C1CCCC1. The molecule has 8 nitrogen and oxygen atoms in total. The second-order valence-electron chi connectivity index (χ2n) is 5.14. The number of rotatable bonds is 5. The number of aliphatic carboxylic acids is 1. The minimum Gasteiger partial charge on any atom is -0.480 e. The molecule has 1 fully saturated rings. The van der Waals surface area contributed by atoms with E-state index in [1.165, 1.54) is 4.90 Å². The molecule has 3 N–H and O–H groups in total. The number of hydrogen-bond acceptors (Lipinski definition) is 4. The van der Waals surface area contributed by atoms with Crippen molar-refractivity contribution in [2.75, 3.05) is 6.54 Å². The van der Waals surface area contributed by atoms with Crippen LogP contribution >= 0.6 is 0 Å². The van der Waals surface area contributed by atoms with Crippen LogP contribution in [0.15, 0.2) is 15.7 Å². The van der Waals surface area contributed by atoms with Gasteiger partial charge in [0.1, 0.15) is 6.54 Å². The summed E-state index contributed by atoms with van der Waals surface area (Å²) in [5.41, 5.74) is -1.09. The van der Waals surface area contributed by atoms with Crippen LogP contribution in [-0.4, -0.2) is 44.4 Å². The van der Waals surface area contributed by atoms with E-state index in [2.05, 4.69) is 4.98 Å². The molecular weight excluding hydrogens is 278 g/mol. The van der Waals surface area contributed by atoms with Gasteiger partial charge >= 0.3 is 11.7 Å². The van der Waals surface area contributed by atoms with Gasteiger partial charge in [0.2, 0.25) is 5.91 Å². The molecule has 114 valence electrons. The lowest BCUT2D eigenvalue weighted by molar-refractivity contribution is -0.145. The quantitative estimate of drug-likeness (QED) is 0.673. The third-order valence-electron chi connectivity index (χ3n) is 3.55. The largest absolute Gasteiger partial charge is 0.480 e. The van der Waals surface area contributed by atoms with Crippen LogP contribution in [0.4, 0.5) is 0 Å². The minimum atomic E-state index is -1.07. The van der Waals surface area contributed by atoms with Crippen molar-refractivity contribution in [2.24, 2.45) is 0 Å². The fraction of sp³-hybridized carbons (Fsp3) is 0.538. The molecule has 0 saturated heterocycles. The smallest absolute Gasteiger partial charge is 0.325 e. The molecule has 0 bridgehead atoms. The molecule has 0 spiro atoms. The van der Waals surface area contributed by atoms with Crippen LogP contribution in [-0.2, 0) is 16.0 Å². The fourth-order valence-corrected chi connectivity index (χ4v) is 2.66. The van der Waals surface area contributed by atoms with E-state index < -0.39 is 23.1 Å². The molecule has 1 aromatic rings. The normalized spacial score (nSPS) is 15.0. The first-order chi connectivity index (χ1) is 9.95. The highest BCUT2D eigenvalue weighted by atomic mass is 16.4. The first kappa shape index (κ1) is 15.0. The molecule has 1 amide bonds. The van der Waals surface area contributed by atoms with Crippen LogP contribution in [0.5, 0.6) is 0 Å². The third kappa shape index (κ3) is 4.04. The number of aromatic amines is 2. The van der Waals surface area contributed by atoms with Crippen molar-refractivity contribution >= 4 is 11.9 Å². The number of carbonyl (C=O) groups is 2. The molecule has 1 aliphatic rings. The zero-order valence-corrected chi connectivity index (χ0v) is 11.4. The zero-order valence-electron chi connectivity index (χ0n) is 11.4. The molecule has 2 rings (SSSR count). The average Bonchev–Trinajstić information content (AvgIpc) is 2.87. The summed E-state index contributed by atoms with van der Waals surface area (Å²) in [4.78, 5) is 51.3. The van der Waals surface area contributed by atoms with Crippen molar-refractivity contribution in [1.82, 2.24) is 14.9 Å². The molecule has 0 radical (unpaired) electrons. The Morgan fingerprint density at radius 1 is 1.24 bits per heavy atom. The minimum absolute atomic E-state index is 0.0812. The van der Waals surface area contributed by atoms with E-state index in [-0.39, 0.29) is 24.7 Å². The van der Waals surface area contributed by atoms with Crippen LogP contribution in [0.3, 0.4) is 0 Å². The second-order valence-corrected chi connectivity index (χ2v) is 5.14. The molecule has 8 heteroatoms. The van der Waals surface area contributed by atoms with Gasteiger partial charge in [0.15, 0.2) is 0 Å². The third-order valence-corrected chi connectivity index (χ3v) is 3.55. The Bertz CT molecular complexity index is 613. The summed E-state index contributed by atoms with van der Waals surface area (Å²) in [6.45, 7) is -0.364. The number of aromatic nitrogens is 2. The van der Waals surface area contributed by atoms with Gasteiger partial charge in [-0.25, -0.2) is 4.79 Å². The molecule has 0 atom stereocenters. The predicted molar refractivity (Wildman–Crippen MR) is 73.0 cm³/mol. The molecule has 1 saturated carbocycles. The van der Waals surface area contributed by atoms with Gasteiger partial charge in [0, 0.05) is 17.8 Å². The number of hydrogen-bond donors (Lipinski definition) is 3. The van der Waals surface area contributed by atoms with Gasteiger partial charge < -0.3 is 15.0 Å². The summed E-state index contributed by atoms with van der Waals surface area (Å²) in [5.74, 6) is -1.47. The van der Waals surface area contributed by atoms with Crippen LogP contribution < -0.4 is 11.2 Å². The number of carbonyl (C=O) groups excluding carboxylic acids is 1. The lowest BCUT2D eigenvalue weighted by Gasteiger charge is -2.27. The van der Waals surface area contributed by atoms with Crippen LogP contribution in [0.25, 0.3) is 0 Å². The van der Waals surface area contributed by atoms with Gasteiger partial charge in [-0.3, -0.25) is 19.4 Å². The highest BCUT2D eigenvalue weighted by Gasteiger charge is 2.28. The first-order valence-corrected chi connectivity index (χ1v) is 6.79. The topological polar surface area (TPSA) is 123 Å². The van der Waals surface area contributed by atoms with Crippen molar-refractivity contribution in [3.05, 3.63) is 32.6 Å². The maximum Gasteiger partial charge on any atom is 0.325 e. The van der Waals surface area contributed by atoms with E-state index in [9.17, 15) is 19.2 Å². The summed E-state index contributed by atoms with van der Waals surface area (Å²) < 4.78 is 0. The van der Waals surface area contributed by atoms with Gasteiger partial charge in [-0.2, -0.15) is 0 Å². The molecule has 1 aliphatic carbocycles. The number of amides is 1. The van der Waals surface area contributed by atoms with Gasteiger partial charge in [0.25, 0.3) is 5.56 Å². The molecular formula is C13H17N3O5. The Labute approximate surface area is 119 Å². The van der Waals surface area contributed by atoms with Gasteiger partial charge in [0.05, 0.1) is 6.42 Å². The van der Waals surface area contributed by atoms with Crippen molar-refractivity contribution < 1.29 is 14.7 Å². The number of H-pyrrole nitrogens is 2. The standard InChI is InChI=1S/C13H17N3O5/c17-10-5-8(14-13(21)15-10)6-11(18)16(7-12(19)20)9-3-1-2-4-9/h5,9H,1-4,6-7H2,(H,19,20)(H2,14,15,17,21). The number of nitrogens with zero attached hydrogens (tertiary/aromatic N) is 1. The van der Waals surface area contributed by atoms with Crippen LogP contribution in [0, 0.1) is 0 Å². The van der Waals surface area contributed by atoms with E-state index >= 15 is 0 Å². The lowest BCUT2D eigenvalue weighted by atomic mass is 10.1. The summed E-state index contributed by atoms with van der Waals surface area (Å²) in [6.07, 6.45) is 3.31. The number of nitrogens with one attached hydrogen (secondary N) is 2. The maximum atomic E-state index is 12.3.